The quantitative estimate of drug-likeness (QED) is 0.836. The van der Waals surface area contributed by atoms with Crippen LogP contribution in [-0.4, -0.2) is 50.6 Å². The Bertz CT molecular complexity index is 481. The number of nitrogens with one attached hydrogen (secondary N) is 2. The third-order valence-corrected chi connectivity index (χ3v) is 3.52. The van der Waals surface area contributed by atoms with Gasteiger partial charge in [0.2, 0.25) is 5.91 Å². The Kier molecular flexibility index (Phi) is 4.92. The summed E-state index contributed by atoms with van der Waals surface area (Å²) in [6, 6.07) is 4.20. The molecule has 0 aliphatic carbocycles. The lowest BCUT2D eigenvalue weighted by Crippen LogP contribution is -2.56. The Morgan fingerprint density at radius 1 is 1.60 bits per heavy atom. The molecular formula is C14H20FN3O2. The lowest BCUT2D eigenvalue weighted by molar-refractivity contribution is -0.126. The average Bonchev–Trinajstić information content (AvgIpc) is 2.47. The second kappa shape index (κ2) is 6.67. The molecule has 1 fully saturated rings. The molecule has 0 aromatic heterocycles. The van der Waals surface area contributed by atoms with E-state index in [2.05, 4.69) is 10.6 Å². The Morgan fingerprint density at radius 3 is 3.10 bits per heavy atom. The number of amides is 1. The Balaban J connectivity index is 2.18. The summed E-state index contributed by atoms with van der Waals surface area (Å²) in [5.41, 5.74) is 0.753. The van der Waals surface area contributed by atoms with Crippen LogP contribution in [0.15, 0.2) is 18.2 Å². The predicted molar refractivity (Wildman–Crippen MR) is 74.1 cm³/mol. The maximum absolute atomic E-state index is 13.4. The van der Waals surface area contributed by atoms with E-state index in [1.165, 1.54) is 12.1 Å². The number of nitrogens with zero attached hydrogens (tertiary/aromatic N) is 1. The molecule has 1 unspecified atom stereocenters. The molecule has 5 nitrogen and oxygen atoms in total. The number of hydrogen-bond acceptors (Lipinski definition) is 4. The fourth-order valence-corrected chi connectivity index (χ4v) is 2.45. The highest BCUT2D eigenvalue weighted by Gasteiger charge is 2.28. The number of hydrogen-bond donors (Lipinski definition) is 2. The highest BCUT2D eigenvalue weighted by atomic mass is 19.1. The fourth-order valence-electron chi connectivity index (χ4n) is 2.45. The highest BCUT2D eigenvalue weighted by molar-refractivity contribution is 5.81. The zero-order chi connectivity index (χ0) is 14.5. The molecule has 0 saturated carbocycles. The Hall–Kier alpha value is -1.66. The van der Waals surface area contributed by atoms with E-state index in [0.717, 1.165) is 18.7 Å². The number of ether oxygens (including phenoxy) is 1. The number of likely N-dealkylation sites (N-methyl/N-ethyl adjacent to an activating group) is 1. The topological polar surface area (TPSA) is 53.6 Å². The lowest BCUT2D eigenvalue weighted by atomic mass is 10.1. The van der Waals surface area contributed by atoms with Crippen LogP contribution in [0, 0.1) is 5.82 Å². The van der Waals surface area contributed by atoms with Crippen LogP contribution in [0.3, 0.4) is 0 Å². The maximum atomic E-state index is 13.4. The molecule has 1 heterocycles. The smallest absolute Gasteiger partial charge is 0.238 e. The second-order valence-corrected chi connectivity index (χ2v) is 4.76. The normalized spacial score (nSPS) is 19.6. The number of piperazine rings is 1. The van der Waals surface area contributed by atoms with Gasteiger partial charge in [-0.15, -0.1) is 0 Å². The van der Waals surface area contributed by atoms with Gasteiger partial charge in [-0.25, -0.2) is 4.39 Å². The first-order chi connectivity index (χ1) is 9.65. The van der Waals surface area contributed by atoms with E-state index in [0.29, 0.717) is 18.8 Å². The minimum absolute atomic E-state index is 0.0347. The van der Waals surface area contributed by atoms with Crippen molar-refractivity contribution in [2.24, 2.45) is 0 Å². The van der Waals surface area contributed by atoms with E-state index in [-0.39, 0.29) is 17.8 Å². The van der Waals surface area contributed by atoms with Crippen LogP contribution < -0.4 is 15.4 Å². The monoisotopic (exact) mass is 281 g/mol. The van der Waals surface area contributed by atoms with Gasteiger partial charge >= 0.3 is 0 Å². The average molecular weight is 281 g/mol. The number of carbonyl (C=O) groups excluding carboxylic acids is 1. The molecule has 1 aliphatic heterocycles. The van der Waals surface area contributed by atoms with Crippen molar-refractivity contribution in [3.8, 4) is 5.75 Å². The van der Waals surface area contributed by atoms with Gasteiger partial charge < -0.3 is 15.4 Å². The highest BCUT2D eigenvalue weighted by Crippen LogP contribution is 2.22. The van der Waals surface area contributed by atoms with Gasteiger partial charge in [-0.3, -0.25) is 9.69 Å². The number of halogens is 1. The Labute approximate surface area is 118 Å². The molecule has 0 bridgehead atoms. The van der Waals surface area contributed by atoms with Gasteiger partial charge in [-0.1, -0.05) is 0 Å². The number of methoxy groups -OCH3 is 1. The van der Waals surface area contributed by atoms with Crippen molar-refractivity contribution >= 4 is 5.91 Å². The van der Waals surface area contributed by atoms with Crippen molar-refractivity contribution < 1.29 is 13.9 Å². The predicted octanol–water partition coefficient (Wildman–Crippen LogP) is 0.354. The molecule has 1 aromatic carbocycles. The Morgan fingerprint density at radius 2 is 2.40 bits per heavy atom. The summed E-state index contributed by atoms with van der Waals surface area (Å²) >= 11 is 0. The van der Waals surface area contributed by atoms with Crippen LogP contribution >= 0.6 is 0 Å². The molecule has 1 saturated heterocycles. The number of benzene rings is 1. The molecule has 0 spiro atoms. The number of rotatable bonds is 4. The third kappa shape index (κ3) is 3.26. The summed E-state index contributed by atoms with van der Waals surface area (Å²) in [6.07, 6.45) is 0. The lowest BCUT2D eigenvalue weighted by Gasteiger charge is -2.35. The van der Waals surface area contributed by atoms with Crippen LogP contribution in [0.25, 0.3) is 0 Å². The number of carbonyl (C=O) groups is 1. The molecule has 2 rings (SSSR count). The molecule has 20 heavy (non-hydrogen) atoms. The van der Waals surface area contributed by atoms with Gasteiger partial charge in [0.25, 0.3) is 0 Å². The molecule has 1 aliphatic rings. The largest absolute Gasteiger partial charge is 0.496 e. The van der Waals surface area contributed by atoms with Crippen molar-refractivity contribution in [3.05, 3.63) is 29.6 Å². The van der Waals surface area contributed by atoms with E-state index in [4.69, 9.17) is 4.74 Å². The maximum Gasteiger partial charge on any atom is 0.238 e. The first-order valence-corrected chi connectivity index (χ1v) is 6.64. The van der Waals surface area contributed by atoms with Crippen LogP contribution in [0.5, 0.6) is 5.75 Å². The van der Waals surface area contributed by atoms with Crippen molar-refractivity contribution in [1.29, 1.82) is 0 Å². The SMILES string of the molecule is CNC(=O)C1CNCCN1Cc1cc(F)ccc1OC. The summed E-state index contributed by atoms with van der Waals surface area (Å²) < 4.78 is 18.6. The molecular weight excluding hydrogens is 261 g/mol. The summed E-state index contributed by atoms with van der Waals surface area (Å²) in [6.45, 7) is 2.63. The summed E-state index contributed by atoms with van der Waals surface area (Å²) in [7, 11) is 3.18. The van der Waals surface area contributed by atoms with Crippen molar-refractivity contribution in [2.75, 3.05) is 33.8 Å². The van der Waals surface area contributed by atoms with Gasteiger partial charge in [0.05, 0.1) is 7.11 Å². The molecule has 2 N–H and O–H groups in total. The van der Waals surface area contributed by atoms with Gasteiger partial charge in [-0.05, 0) is 18.2 Å². The van der Waals surface area contributed by atoms with E-state index in [9.17, 15) is 9.18 Å². The fraction of sp³-hybridized carbons (Fsp3) is 0.500. The van der Waals surface area contributed by atoms with Crippen LogP contribution in [-0.2, 0) is 11.3 Å². The van der Waals surface area contributed by atoms with E-state index >= 15 is 0 Å². The van der Waals surface area contributed by atoms with E-state index in [1.807, 2.05) is 4.90 Å². The van der Waals surface area contributed by atoms with Crippen molar-refractivity contribution in [1.82, 2.24) is 15.5 Å². The minimum atomic E-state index is -0.299. The van der Waals surface area contributed by atoms with E-state index in [1.54, 1.807) is 20.2 Å². The molecule has 1 amide bonds. The van der Waals surface area contributed by atoms with Crippen LogP contribution in [0.1, 0.15) is 5.56 Å². The third-order valence-electron chi connectivity index (χ3n) is 3.52. The van der Waals surface area contributed by atoms with Gasteiger partial charge in [0, 0.05) is 38.8 Å². The molecule has 110 valence electrons. The van der Waals surface area contributed by atoms with Crippen molar-refractivity contribution in [3.63, 3.8) is 0 Å². The van der Waals surface area contributed by atoms with Gasteiger partial charge in [0.1, 0.15) is 17.6 Å². The summed E-state index contributed by atoms with van der Waals surface area (Å²) in [4.78, 5) is 13.9. The van der Waals surface area contributed by atoms with Crippen LogP contribution in [0.2, 0.25) is 0 Å². The second-order valence-electron chi connectivity index (χ2n) is 4.76. The molecule has 6 heteroatoms. The van der Waals surface area contributed by atoms with Crippen molar-refractivity contribution in [2.45, 2.75) is 12.6 Å². The summed E-state index contributed by atoms with van der Waals surface area (Å²) in [5, 5.41) is 5.86. The van der Waals surface area contributed by atoms with Gasteiger partial charge in [-0.2, -0.15) is 0 Å². The first-order valence-electron chi connectivity index (χ1n) is 6.64. The van der Waals surface area contributed by atoms with E-state index < -0.39 is 0 Å². The molecule has 1 atom stereocenters. The standard InChI is InChI=1S/C14H20FN3O2/c1-16-14(19)12-8-17-5-6-18(12)9-10-7-11(15)3-4-13(10)20-2/h3-4,7,12,17H,5-6,8-9H2,1-2H3,(H,16,19). The molecule has 1 aromatic rings. The van der Waals surface area contributed by atoms with Gasteiger partial charge in [0.15, 0.2) is 0 Å². The first kappa shape index (κ1) is 14.7. The zero-order valence-corrected chi connectivity index (χ0v) is 11.8. The van der Waals surface area contributed by atoms with Crippen LogP contribution in [0.4, 0.5) is 4.39 Å². The zero-order valence-electron chi connectivity index (χ0n) is 11.8. The molecule has 0 radical (unpaired) electrons. The summed E-state index contributed by atoms with van der Waals surface area (Å²) in [5.74, 6) is 0.306. The minimum Gasteiger partial charge on any atom is -0.496 e.